The van der Waals surface area contributed by atoms with Crippen LogP contribution >= 0.6 is 27.7 Å². The number of rotatable bonds is 7. The van der Waals surface area contributed by atoms with Gasteiger partial charge in [-0.1, -0.05) is 36.9 Å². The molecule has 0 fully saturated rings. The Morgan fingerprint density at radius 1 is 1.16 bits per heavy atom. The molecule has 1 atom stereocenters. The SMILES string of the molecule is CCCSC1=NN2C(=c3ccccc3=N[C@@H]2c2cc(Br)c(OCC)c(OCC)c2)C(=O)N1. The summed E-state index contributed by atoms with van der Waals surface area (Å²) in [4.78, 5) is 18.1. The van der Waals surface area contributed by atoms with Gasteiger partial charge in [0, 0.05) is 16.5 Å². The lowest BCUT2D eigenvalue weighted by Gasteiger charge is -2.34. The van der Waals surface area contributed by atoms with E-state index in [-0.39, 0.29) is 5.91 Å². The highest BCUT2D eigenvalue weighted by atomic mass is 79.9. The fourth-order valence-corrected chi connectivity index (χ4v) is 4.87. The van der Waals surface area contributed by atoms with Gasteiger partial charge in [-0.2, -0.15) is 0 Å². The Bertz CT molecular complexity index is 1180. The van der Waals surface area contributed by atoms with Crippen molar-refractivity contribution in [2.75, 3.05) is 19.0 Å². The van der Waals surface area contributed by atoms with Crippen LogP contribution in [0.25, 0.3) is 5.70 Å². The number of hydrogen-bond donors (Lipinski definition) is 1. The zero-order valence-corrected chi connectivity index (χ0v) is 20.6. The molecule has 7 nitrogen and oxygen atoms in total. The summed E-state index contributed by atoms with van der Waals surface area (Å²) in [5, 5.41) is 11.5. The number of nitrogens with zero attached hydrogens (tertiary/aromatic N) is 3. The first-order chi connectivity index (χ1) is 15.6. The zero-order valence-electron chi connectivity index (χ0n) is 18.2. The van der Waals surface area contributed by atoms with E-state index in [0.29, 0.717) is 35.6 Å². The first kappa shape index (κ1) is 22.7. The number of para-hydroxylation sites is 1. The standard InChI is InChI=1S/C23H25BrN4O3S/c1-4-11-32-23-26-22(29)19-15-9-7-8-10-17(15)25-21(28(19)27-23)14-12-16(24)20(31-6-3)18(13-14)30-5-2/h7-10,12-13,21H,4-6,11H2,1-3H3,(H,26,27,29)/t21-/m0/s1. The second kappa shape index (κ2) is 9.95. The summed E-state index contributed by atoms with van der Waals surface area (Å²) in [6.45, 7) is 6.98. The molecule has 4 rings (SSSR count). The molecular weight excluding hydrogens is 492 g/mol. The number of hydrogen-bond acceptors (Lipinski definition) is 7. The topological polar surface area (TPSA) is 75.5 Å². The summed E-state index contributed by atoms with van der Waals surface area (Å²) in [5.41, 5.74) is 1.33. The Balaban J connectivity index is 1.89. The average Bonchev–Trinajstić information content (AvgIpc) is 2.79. The van der Waals surface area contributed by atoms with Crippen LogP contribution in [0.3, 0.4) is 0 Å². The molecule has 0 spiro atoms. The quantitative estimate of drug-likeness (QED) is 0.609. The minimum absolute atomic E-state index is 0.180. The van der Waals surface area contributed by atoms with Crippen LogP contribution in [0.15, 0.2) is 51.0 Å². The molecule has 2 aliphatic rings. The van der Waals surface area contributed by atoms with Crippen LogP contribution in [-0.4, -0.2) is 35.1 Å². The Morgan fingerprint density at radius 3 is 2.69 bits per heavy atom. The van der Waals surface area contributed by atoms with Crippen LogP contribution in [0.2, 0.25) is 0 Å². The molecule has 2 aliphatic heterocycles. The number of amides is 1. The molecule has 0 saturated heterocycles. The van der Waals surface area contributed by atoms with Crippen molar-refractivity contribution >= 4 is 44.5 Å². The molecule has 9 heteroatoms. The third-order valence-electron chi connectivity index (χ3n) is 4.88. The third-order valence-corrected chi connectivity index (χ3v) is 6.54. The third kappa shape index (κ3) is 4.36. The summed E-state index contributed by atoms with van der Waals surface area (Å²) >= 11 is 5.15. The van der Waals surface area contributed by atoms with E-state index in [1.165, 1.54) is 11.8 Å². The molecule has 2 aromatic carbocycles. The summed E-state index contributed by atoms with van der Waals surface area (Å²) in [7, 11) is 0. The van der Waals surface area contributed by atoms with E-state index in [1.807, 2.05) is 50.2 Å². The second-order valence-electron chi connectivity index (χ2n) is 7.12. The number of halogens is 1. The number of nitrogens with one attached hydrogen (secondary N) is 1. The Labute approximate surface area is 199 Å². The van der Waals surface area contributed by atoms with Crippen molar-refractivity contribution in [1.29, 1.82) is 0 Å². The molecule has 0 aromatic heterocycles. The molecular formula is C23H25BrN4O3S. The minimum atomic E-state index is -0.519. The van der Waals surface area contributed by atoms with E-state index in [2.05, 4.69) is 28.2 Å². The van der Waals surface area contributed by atoms with Crippen LogP contribution < -0.4 is 25.4 Å². The zero-order chi connectivity index (χ0) is 22.7. The lowest BCUT2D eigenvalue weighted by atomic mass is 10.1. The van der Waals surface area contributed by atoms with Crippen molar-refractivity contribution in [3.8, 4) is 11.5 Å². The van der Waals surface area contributed by atoms with Crippen LogP contribution in [0.5, 0.6) is 11.5 Å². The summed E-state index contributed by atoms with van der Waals surface area (Å²) < 4.78 is 12.4. The summed E-state index contributed by atoms with van der Waals surface area (Å²) in [6, 6.07) is 11.5. The lowest BCUT2D eigenvalue weighted by molar-refractivity contribution is -0.116. The first-order valence-electron chi connectivity index (χ1n) is 10.7. The molecule has 1 amide bonds. The van der Waals surface area contributed by atoms with Crippen molar-refractivity contribution in [3.63, 3.8) is 0 Å². The van der Waals surface area contributed by atoms with Gasteiger partial charge < -0.3 is 9.47 Å². The van der Waals surface area contributed by atoms with Crippen molar-refractivity contribution in [1.82, 2.24) is 10.3 Å². The molecule has 2 aromatic rings. The number of carbonyl (C=O) groups excluding carboxylic acids is 1. The maximum Gasteiger partial charge on any atom is 0.276 e. The Hall–Kier alpha value is -2.52. The largest absolute Gasteiger partial charge is 0.490 e. The normalized spacial score (nSPS) is 17.1. The van der Waals surface area contributed by atoms with Crippen molar-refractivity contribution in [2.45, 2.75) is 33.4 Å². The average molecular weight is 517 g/mol. The molecule has 0 saturated carbocycles. The maximum atomic E-state index is 13.1. The van der Waals surface area contributed by atoms with Gasteiger partial charge in [0.15, 0.2) is 22.8 Å². The minimum Gasteiger partial charge on any atom is -0.490 e. The van der Waals surface area contributed by atoms with Gasteiger partial charge in [-0.05, 0) is 54.4 Å². The fraction of sp³-hybridized carbons (Fsp3) is 0.348. The van der Waals surface area contributed by atoms with Crippen LogP contribution in [-0.2, 0) is 4.79 Å². The Kier molecular flexibility index (Phi) is 7.05. The molecule has 0 radical (unpaired) electrons. The van der Waals surface area contributed by atoms with Gasteiger partial charge in [-0.3, -0.25) is 15.1 Å². The Morgan fingerprint density at radius 2 is 1.94 bits per heavy atom. The molecule has 168 valence electrons. The summed E-state index contributed by atoms with van der Waals surface area (Å²) in [6.07, 6.45) is 0.463. The van der Waals surface area contributed by atoms with Crippen molar-refractivity contribution in [3.05, 3.63) is 57.0 Å². The van der Waals surface area contributed by atoms with Crippen molar-refractivity contribution in [2.24, 2.45) is 10.1 Å². The highest BCUT2D eigenvalue weighted by molar-refractivity contribution is 9.10. The second-order valence-corrected chi connectivity index (χ2v) is 9.05. The molecule has 0 unspecified atom stereocenters. The summed E-state index contributed by atoms with van der Waals surface area (Å²) in [5.74, 6) is 1.96. The van der Waals surface area contributed by atoms with Gasteiger partial charge in [-0.25, -0.2) is 5.01 Å². The predicted molar refractivity (Wildman–Crippen MR) is 130 cm³/mol. The van der Waals surface area contributed by atoms with Crippen LogP contribution in [0.4, 0.5) is 0 Å². The monoisotopic (exact) mass is 516 g/mol. The van der Waals surface area contributed by atoms with Crippen molar-refractivity contribution < 1.29 is 14.3 Å². The number of benzene rings is 2. The van der Waals surface area contributed by atoms with E-state index in [9.17, 15) is 4.79 Å². The van der Waals surface area contributed by atoms with Gasteiger partial charge in [0.2, 0.25) is 0 Å². The van der Waals surface area contributed by atoms with Gasteiger partial charge >= 0.3 is 0 Å². The first-order valence-corrected chi connectivity index (χ1v) is 12.4. The van der Waals surface area contributed by atoms with Crippen LogP contribution in [0, 0.1) is 0 Å². The molecule has 1 N–H and O–H groups in total. The van der Waals surface area contributed by atoms with Gasteiger partial charge in [-0.15, -0.1) is 5.10 Å². The molecule has 2 heterocycles. The van der Waals surface area contributed by atoms with E-state index in [1.54, 1.807) is 5.01 Å². The molecule has 0 aliphatic carbocycles. The van der Waals surface area contributed by atoms with Gasteiger partial charge in [0.1, 0.15) is 5.70 Å². The van der Waals surface area contributed by atoms with E-state index >= 15 is 0 Å². The lowest BCUT2D eigenvalue weighted by Crippen LogP contribution is -2.50. The fourth-order valence-electron chi connectivity index (χ4n) is 3.59. The molecule has 0 bridgehead atoms. The van der Waals surface area contributed by atoms with Crippen LogP contribution in [0.1, 0.15) is 38.9 Å². The number of thioether (sulfide) groups is 1. The number of ether oxygens (including phenoxy) is 2. The maximum absolute atomic E-state index is 13.1. The van der Waals surface area contributed by atoms with E-state index in [0.717, 1.165) is 32.8 Å². The number of carbonyl (C=O) groups is 1. The number of fused-ring (bicyclic) bond motifs is 2. The van der Waals surface area contributed by atoms with E-state index < -0.39 is 6.17 Å². The van der Waals surface area contributed by atoms with E-state index in [4.69, 9.17) is 19.6 Å². The van der Waals surface area contributed by atoms with Gasteiger partial charge in [0.25, 0.3) is 5.91 Å². The number of hydrazone groups is 1. The highest BCUT2D eigenvalue weighted by Gasteiger charge is 2.35. The predicted octanol–water partition coefficient (Wildman–Crippen LogP) is 3.53. The van der Waals surface area contributed by atoms with Gasteiger partial charge in [0.05, 0.1) is 23.0 Å². The highest BCUT2D eigenvalue weighted by Crippen LogP contribution is 2.41. The number of amidine groups is 1. The smallest absolute Gasteiger partial charge is 0.276 e. The molecule has 32 heavy (non-hydrogen) atoms.